The lowest BCUT2D eigenvalue weighted by atomic mass is 9.86. The Hall–Kier alpha value is -1.46. The average Bonchev–Trinajstić information content (AvgIpc) is 2.36. The quantitative estimate of drug-likeness (QED) is 0.729. The van der Waals surface area contributed by atoms with Crippen molar-refractivity contribution in [1.82, 2.24) is 5.32 Å². The molecular formula is C13H18FNO3. The van der Waals surface area contributed by atoms with Gasteiger partial charge in [0.1, 0.15) is 11.4 Å². The van der Waals surface area contributed by atoms with Crippen LogP contribution >= 0.6 is 0 Å². The number of rotatable bonds is 7. The summed E-state index contributed by atoms with van der Waals surface area (Å²) in [4.78, 5) is 11.5. The minimum Gasteiger partial charge on any atom is -0.480 e. The third-order valence-corrected chi connectivity index (χ3v) is 2.96. The van der Waals surface area contributed by atoms with Crippen molar-refractivity contribution in [3.63, 3.8) is 0 Å². The van der Waals surface area contributed by atoms with E-state index in [9.17, 15) is 14.3 Å². The van der Waals surface area contributed by atoms with E-state index in [4.69, 9.17) is 4.74 Å². The summed E-state index contributed by atoms with van der Waals surface area (Å²) in [6, 6.07) is 5.92. The van der Waals surface area contributed by atoms with Crippen LogP contribution in [0, 0.1) is 5.82 Å². The van der Waals surface area contributed by atoms with E-state index >= 15 is 0 Å². The monoisotopic (exact) mass is 255 g/mol. The molecule has 1 aromatic carbocycles. The van der Waals surface area contributed by atoms with Gasteiger partial charge in [-0.1, -0.05) is 25.1 Å². The second-order valence-corrected chi connectivity index (χ2v) is 3.96. The number of nitrogens with one attached hydrogen (secondary N) is 1. The summed E-state index contributed by atoms with van der Waals surface area (Å²) in [6.07, 6.45) is 0.243. The minimum atomic E-state index is -1.41. The van der Waals surface area contributed by atoms with Gasteiger partial charge in [0.05, 0.1) is 6.61 Å². The van der Waals surface area contributed by atoms with Crippen molar-refractivity contribution in [2.75, 3.05) is 20.3 Å². The summed E-state index contributed by atoms with van der Waals surface area (Å²) in [5.41, 5.74) is -1.26. The molecule has 0 aliphatic carbocycles. The maximum absolute atomic E-state index is 13.8. The number of hydrogen-bond acceptors (Lipinski definition) is 3. The van der Waals surface area contributed by atoms with E-state index in [1.54, 1.807) is 13.0 Å². The molecule has 4 nitrogen and oxygen atoms in total. The average molecular weight is 255 g/mol. The first-order valence-electron chi connectivity index (χ1n) is 5.81. The standard InChI is InChI=1S/C13H18FNO3/c1-3-13(12(16)17,15-8-9-18-2)10-6-4-5-7-11(10)14/h4-7,15H,3,8-9H2,1-2H3,(H,16,17). The van der Waals surface area contributed by atoms with Crippen LogP contribution in [-0.4, -0.2) is 31.3 Å². The lowest BCUT2D eigenvalue weighted by Crippen LogP contribution is -2.50. The topological polar surface area (TPSA) is 58.6 Å². The molecule has 100 valence electrons. The Balaban J connectivity index is 3.11. The van der Waals surface area contributed by atoms with Crippen LogP contribution in [0.25, 0.3) is 0 Å². The zero-order valence-corrected chi connectivity index (χ0v) is 10.6. The van der Waals surface area contributed by atoms with Gasteiger partial charge in [-0.25, -0.2) is 9.18 Å². The summed E-state index contributed by atoms with van der Waals surface area (Å²) in [7, 11) is 1.53. The number of carboxylic acid groups (broad SMARTS) is 1. The molecule has 0 aliphatic heterocycles. The van der Waals surface area contributed by atoms with Crippen molar-refractivity contribution in [2.24, 2.45) is 0 Å². The molecule has 1 atom stereocenters. The van der Waals surface area contributed by atoms with Gasteiger partial charge in [0, 0.05) is 19.2 Å². The van der Waals surface area contributed by atoms with E-state index in [1.807, 2.05) is 0 Å². The normalized spacial score (nSPS) is 14.2. The highest BCUT2D eigenvalue weighted by Crippen LogP contribution is 2.27. The minimum absolute atomic E-state index is 0.149. The highest BCUT2D eigenvalue weighted by Gasteiger charge is 2.40. The molecule has 0 radical (unpaired) electrons. The Kier molecular flexibility index (Phi) is 5.25. The molecule has 0 heterocycles. The molecule has 0 spiro atoms. The van der Waals surface area contributed by atoms with Gasteiger partial charge >= 0.3 is 5.97 Å². The molecule has 0 saturated heterocycles. The van der Waals surface area contributed by atoms with Crippen LogP contribution in [0.4, 0.5) is 4.39 Å². The molecule has 1 unspecified atom stereocenters. The van der Waals surface area contributed by atoms with E-state index in [-0.39, 0.29) is 12.0 Å². The third kappa shape index (κ3) is 2.86. The van der Waals surface area contributed by atoms with E-state index in [1.165, 1.54) is 25.3 Å². The Bertz CT molecular complexity index is 411. The van der Waals surface area contributed by atoms with Gasteiger partial charge in [0.2, 0.25) is 0 Å². The predicted octanol–water partition coefficient (Wildman–Crippen LogP) is 1.75. The zero-order chi connectivity index (χ0) is 13.6. The van der Waals surface area contributed by atoms with Crippen LogP contribution in [0.15, 0.2) is 24.3 Å². The van der Waals surface area contributed by atoms with Crippen LogP contribution in [0.5, 0.6) is 0 Å². The van der Waals surface area contributed by atoms with Crippen LogP contribution in [0.3, 0.4) is 0 Å². The smallest absolute Gasteiger partial charge is 0.328 e. The van der Waals surface area contributed by atoms with E-state index in [2.05, 4.69) is 5.32 Å². The fraction of sp³-hybridized carbons (Fsp3) is 0.462. The second kappa shape index (κ2) is 6.47. The lowest BCUT2D eigenvalue weighted by Gasteiger charge is -2.30. The summed E-state index contributed by atoms with van der Waals surface area (Å²) >= 11 is 0. The van der Waals surface area contributed by atoms with Gasteiger partial charge < -0.3 is 9.84 Å². The van der Waals surface area contributed by atoms with Crippen LogP contribution in [0.2, 0.25) is 0 Å². The van der Waals surface area contributed by atoms with Crippen molar-refractivity contribution < 1.29 is 19.0 Å². The molecule has 18 heavy (non-hydrogen) atoms. The molecule has 5 heteroatoms. The molecule has 0 aromatic heterocycles. The van der Waals surface area contributed by atoms with E-state index in [0.717, 1.165) is 0 Å². The molecule has 1 rings (SSSR count). The Morgan fingerprint density at radius 1 is 1.50 bits per heavy atom. The van der Waals surface area contributed by atoms with E-state index < -0.39 is 17.3 Å². The number of methoxy groups -OCH3 is 1. The third-order valence-electron chi connectivity index (χ3n) is 2.96. The van der Waals surface area contributed by atoms with Gasteiger partial charge in [0.25, 0.3) is 0 Å². The van der Waals surface area contributed by atoms with Gasteiger partial charge in [-0.05, 0) is 12.5 Å². The first-order chi connectivity index (χ1) is 8.58. The number of hydrogen-bond donors (Lipinski definition) is 2. The molecule has 0 aliphatic rings. The van der Waals surface area contributed by atoms with Crippen LogP contribution in [0.1, 0.15) is 18.9 Å². The van der Waals surface area contributed by atoms with Crippen molar-refractivity contribution in [3.8, 4) is 0 Å². The number of carboxylic acids is 1. The van der Waals surface area contributed by atoms with Crippen molar-refractivity contribution in [2.45, 2.75) is 18.9 Å². The first kappa shape index (κ1) is 14.6. The first-order valence-corrected chi connectivity index (χ1v) is 5.81. The van der Waals surface area contributed by atoms with Crippen LogP contribution in [-0.2, 0) is 15.1 Å². The van der Waals surface area contributed by atoms with E-state index in [0.29, 0.717) is 13.2 Å². The number of carbonyl (C=O) groups is 1. The highest BCUT2D eigenvalue weighted by atomic mass is 19.1. The largest absolute Gasteiger partial charge is 0.480 e. The van der Waals surface area contributed by atoms with Crippen molar-refractivity contribution >= 4 is 5.97 Å². The van der Waals surface area contributed by atoms with Crippen molar-refractivity contribution in [3.05, 3.63) is 35.6 Å². The summed E-state index contributed by atoms with van der Waals surface area (Å²) in [5, 5.41) is 12.3. The molecular weight excluding hydrogens is 237 g/mol. The maximum Gasteiger partial charge on any atom is 0.328 e. The number of halogens is 1. The Morgan fingerprint density at radius 3 is 2.67 bits per heavy atom. The molecule has 0 bridgehead atoms. The van der Waals surface area contributed by atoms with Crippen molar-refractivity contribution in [1.29, 1.82) is 0 Å². The molecule has 2 N–H and O–H groups in total. The summed E-state index contributed by atoms with van der Waals surface area (Å²) < 4.78 is 18.7. The molecule has 0 saturated carbocycles. The van der Waals surface area contributed by atoms with Crippen LogP contribution < -0.4 is 5.32 Å². The molecule has 1 aromatic rings. The van der Waals surface area contributed by atoms with Gasteiger partial charge in [0.15, 0.2) is 0 Å². The SMILES string of the molecule is CCC(NCCOC)(C(=O)O)c1ccccc1F. The zero-order valence-electron chi connectivity index (χ0n) is 10.6. The highest BCUT2D eigenvalue weighted by molar-refractivity contribution is 5.80. The number of ether oxygens (including phenoxy) is 1. The lowest BCUT2D eigenvalue weighted by molar-refractivity contribution is -0.145. The number of aliphatic carboxylic acids is 1. The summed E-state index contributed by atoms with van der Waals surface area (Å²) in [6.45, 7) is 2.41. The summed E-state index contributed by atoms with van der Waals surface area (Å²) in [5.74, 6) is -1.61. The number of benzene rings is 1. The van der Waals surface area contributed by atoms with Gasteiger partial charge in [-0.3, -0.25) is 5.32 Å². The molecule has 0 amide bonds. The maximum atomic E-state index is 13.8. The van der Waals surface area contributed by atoms with Gasteiger partial charge in [-0.2, -0.15) is 0 Å². The fourth-order valence-electron chi connectivity index (χ4n) is 1.93. The predicted molar refractivity (Wildman–Crippen MR) is 65.9 cm³/mol. The van der Waals surface area contributed by atoms with Gasteiger partial charge in [-0.15, -0.1) is 0 Å². The molecule has 0 fully saturated rings. The Labute approximate surface area is 106 Å². The fourth-order valence-corrected chi connectivity index (χ4v) is 1.93. The Morgan fingerprint density at radius 2 is 2.17 bits per heavy atom. The second-order valence-electron chi connectivity index (χ2n) is 3.96.